The van der Waals surface area contributed by atoms with Crippen LogP contribution in [0.25, 0.3) is 0 Å². The monoisotopic (exact) mass is 227 g/mol. The highest BCUT2D eigenvalue weighted by molar-refractivity contribution is 7.71. The predicted molar refractivity (Wildman–Crippen MR) is 60.3 cm³/mol. The Bertz CT molecular complexity index is 384. The van der Waals surface area contributed by atoms with E-state index in [0.29, 0.717) is 12.0 Å². The molecule has 15 heavy (non-hydrogen) atoms. The third-order valence-electron chi connectivity index (χ3n) is 3.10. The molecule has 2 rings (SSSR count). The third-order valence-corrected chi connectivity index (χ3v) is 3.42. The number of H-pyrrole nitrogens is 1. The maximum absolute atomic E-state index is 5.55. The first kappa shape index (κ1) is 10.8. The molecular weight excluding hydrogens is 210 g/mol. The third kappa shape index (κ3) is 2.13. The molecule has 0 aromatic carbocycles. The van der Waals surface area contributed by atoms with Crippen LogP contribution in [0.1, 0.15) is 26.1 Å². The second-order valence-electron chi connectivity index (χ2n) is 4.03. The normalized spacial score (nSPS) is 26.0. The molecule has 0 radical (unpaired) electrons. The molecule has 0 saturated carbocycles. The highest BCUT2D eigenvalue weighted by Gasteiger charge is 2.25. The van der Waals surface area contributed by atoms with Crippen molar-refractivity contribution in [1.29, 1.82) is 0 Å². The van der Waals surface area contributed by atoms with Crippen LogP contribution in [0, 0.1) is 10.7 Å². The van der Waals surface area contributed by atoms with E-state index in [-0.39, 0.29) is 0 Å². The van der Waals surface area contributed by atoms with Crippen LogP contribution in [-0.2, 0) is 17.7 Å². The fourth-order valence-electron chi connectivity index (χ4n) is 2.06. The second-order valence-corrected chi connectivity index (χ2v) is 4.42. The van der Waals surface area contributed by atoms with Crippen LogP contribution >= 0.6 is 12.2 Å². The Hall–Kier alpha value is -0.680. The standard InChI is InChI=1S/C10H17N3OS/c1-3-9-11-12-10(15)13(9)6-8-4-5-14-7(8)2/h7-8H,3-6H2,1-2H3,(H,12,15). The predicted octanol–water partition coefficient (Wildman–Crippen LogP) is 1.93. The van der Waals surface area contributed by atoms with E-state index < -0.39 is 0 Å². The van der Waals surface area contributed by atoms with E-state index in [9.17, 15) is 0 Å². The summed E-state index contributed by atoms with van der Waals surface area (Å²) in [6.07, 6.45) is 2.37. The van der Waals surface area contributed by atoms with Crippen LogP contribution in [0.15, 0.2) is 0 Å². The van der Waals surface area contributed by atoms with Crippen molar-refractivity contribution in [2.75, 3.05) is 6.61 Å². The fraction of sp³-hybridized carbons (Fsp3) is 0.800. The quantitative estimate of drug-likeness (QED) is 0.802. The van der Waals surface area contributed by atoms with E-state index in [4.69, 9.17) is 17.0 Å². The van der Waals surface area contributed by atoms with Gasteiger partial charge in [-0.2, -0.15) is 5.10 Å². The number of aryl methyl sites for hydroxylation is 1. The van der Waals surface area contributed by atoms with Gasteiger partial charge in [-0.25, -0.2) is 0 Å². The smallest absolute Gasteiger partial charge is 0.195 e. The maximum Gasteiger partial charge on any atom is 0.195 e. The summed E-state index contributed by atoms with van der Waals surface area (Å²) in [6.45, 7) is 6.03. The van der Waals surface area contributed by atoms with Gasteiger partial charge in [0.2, 0.25) is 0 Å². The van der Waals surface area contributed by atoms with Gasteiger partial charge in [0.15, 0.2) is 4.77 Å². The Morgan fingerprint density at radius 1 is 1.67 bits per heavy atom. The lowest BCUT2D eigenvalue weighted by atomic mass is 10.0. The summed E-state index contributed by atoms with van der Waals surface area (Å²) in [5, 5.41) is 7.06. The number of hydrogen-bond donors (Lipinski definition) is 1. The molecule has 0 bridgehead atoms. The summed E-state index contributed by atoms with van der Waals surface area (Å²) < 4.78 is 8.38. The summed E-state index contributed by atoms with van der Waals surface area (Å²) in [4.78, 5) is 0. The fourth-order valence-corrected chi connectivity index (χ4v) is 2.28. The molecule has 0 spiro atoms. The van der Waals surface area contributed by atoms with Crippen molar-refractivity contribution in [3.63, 3.8) is 0 Å². The first-order valence-electron chi connectivity index (χ1n) is 5.48. The second kappa shape index (κ2) is 4.45. The van der Waals surface area contributed by atoms with E-state index >= 15 is 0 Å². The number of ether oxygens (including phenoxy) is 1. The van der Waals surface area contributed by atoms with E-state index in [2.05, 4.69) is 28.6 Å². The summed E-state index contributed by atoms with van der Waals surface area (Å²) in [6, 6.07) is 0. The lowest BCUT2D eigenvalue weighted by Gasteiger charge is -2.15. The molecule has 1 aliphatic rings. The summed E-state index contributed by atoms with van der Waals surface area (Å²) >= 11 is 5.22. The van der Waals surface area contributed by atoms with Crippen LogP contribution in [0.2, 0.25) is 0 Å². The van der Waals surface area contributed by atoms with E-state index in [1.54, 1.807) is 0 Å². The molecule has 1 aromatic rings. The first-order valence-corrected chi connectivity index (χ1v) is 5.89. The van der Waals surface area contributed by atoms with E-state index in [1.165, 1.54) is 0 Å². The Balaban J connectivity index is 2.15. The minimum Gasteiger partial charge on any atom is -0.378 e. The lowest BCUT2D eigenvalue weighted by molar-refractivity contribution is 0.101. The molecule has 0 aliphatic carbocycles. The number of aromatic amines is 1. The SMILES string of the molecule is CCc1n[nH]c(=S)n1CC1CCOC1C. The average Bonchev–Trinajstić information content (AvgIpc) is 2.77. The molecule has 1 aromatic heterocycles. The molecular formula is C10H17N3OS. The zero-order valence-electron chi connectivity index (χ0n) is 9.19. The van der Waals surface area contributed by atoms with Gasteiger partial charge in [-0.15, -0.1) is 0 Å². The van der Waals surface area contributed by atoms with Crippen LogP contribution in [-0.4, -0.2) is 27.5 Å². The van der Waals surface area contributed by atoms with Gasteiger partial charge in [-0.05, 0) is 25.6 Å². The molecule has 2 unspecified atom stereocenters. The van der Waals surface area contributed by atoms with Crippen LogP contribution in [0.5, 0.6) is 0 Å². The van der Waals surface area contributed by atoms with E-state index in [1.807, 2.05) is 0 Å². The van der Waals surface area contributed by atoms with Gasteiger partial charge in [-0.1, -0.05) is 6.92 Å². The summed E-state index contributed by atoms with van der Waals surface area (Å²) in [7, 11) is 0. The maximum atomic E-state index is 5.55. The molecule has 2 heterocycles. The number of nitrogens with one attached hydrogen (secondary N) is 1. The highest BCUT2D eigenvalue weighted by atomic mass is 32.1. The van der Waals surface area contributed by atoms with Crippen molar-refractivity contribution < 1.29 is 4.74 Å². The Morgan fingerprint density at radius 3 is 3.07 bits per heavy atom. The molecule has 0 amide bonds. The van der Waals surface area contributed by atoms with Crippen molar-refractivity contribution in [1.82, 2.24) is 14.8 Å². The van der Waals surface area contributed by atoms with Gasteiger partial charge in [-0.3, -0.25) is 5.10 Å². The highest BCUT2D eigenvalue weighted by Crippen LogP contribution is 2.22. The Labute approximate surface area is 94.6 Å². The summed E-state index contributed by atoms with van der Waals surface area (Å²) in [5.74, 6) is 1.61. The van der Waals surface area contributed by atoms with Crippen LogP contribution in [0.3, 0.4) is 0 Å². The molecule has 5 heteroatoms. The molecule has 2 atom stereocenters. The lowest BCUT2D eigenvalue weighted by Crippen LogP contribution is -2.19. The molecule has 1 aliphatic heterocycles. The van der Waals surface area contributed by atoms with Crippen molar-refractivity contribution in [3.8, 4) is 0 Å². The number of aromatic nitrogens is 3. The minimum atomic E-state index is 0.339. The summed E-state index contributed by atoms with van der Waals surface area (Å²) in [5.41, 5.74) is 0. The molecule has 1 saturated heterocycles. The molecule has 84 valence electrons. The zero-order valence-corrected chi connectivity index (χ0v) is 10.0. The zero-order chi connectivity index (χ0) is 10.8. The molecule has 1 fully saturated rings. The molecule has 4 nitrogen and oxygen atoms in total. The van der Waals surface area contributed by atoms with Crippen molar-refractivity contribution >= 4 is 12.2 Å². The average molecular weight is 227 g/mol. The van der Waals surface area contributed by atoms with Gasteiger partial charge < -0.3 is 9.30 Å². The number of rotatable bonds is 3. The topological polar surface area (TPSA) is 42.8 Å². The van der Waals surface area contributed by atoms with Gasteiger partial charge in [0.05, 0.1) is 6.10 Å². The van der Waals surface area contributed by atoms with E-state index in [0.717, 1.165) is 36.6 Å². The Morgan fingerprint density at radius 2 is 2.47 bits per heavy atom. The van der Waals surface area contributed by atoms with Gasteiger partial charge >= 0.3 is 0 Å². The van der Waals surface area contributed by atoms with Gasteiger partial charge in [0.25, 0.3) is 0 Å². The van der Waals surface area contributed by atoms with Gasteiger partial charge in [0.1, 0.15) is 5.82 Å². The van der Waals surface area contributed by atoms with Crippen LogP contribution in [0.4, 0.5) is 0 Å². The first-order chi connectivity index (χ1) is 7.22. The minimum absolute atomic E-state index is 0.339. The largest absolute Gasteiger partial charge is 0.378 e. The van der Waals surface area contributed by atoms with Crippen molar-refractivity contribution in [2.24, 2.45) is 5.92 Å². The number of nitrogens with zero attached hydrogens (tertiary/aromatic N) is 2. The molecule has 1 N–H and O–H groups in total. The van der Waals surface area contributed by atoms with Crippen LogP contribution < -0.4 is 0 Å². The van der Waals surface area contributed by atoms with Crippen molar-refractivity contribution in [3.05, 3.63) is 10.6 Å². The van der Waals surface area contributed by atoms with Crippen molar-refractivity contribution in [2.45, 2.75) is 39.3 Å². The Kier molecular flexibility index (Phi) is 3.21. The van der Waals surface area contributed by atoms with Gasteiger partial charge in [0, 0.05) is 25.5 Å². The number of hydrogen-bond acceptors (Lipinski definition) is 3.